The van der Waals surface area contributed by atoms with Crippen molar-refractivity contribution >= 4 is 11.8 Å². The minimum Gasteiger partial charge on any atom is -0.309 e. The Labute approximate surface area is 111 Å². The first kappa shape index (κ1) is 13.7. The molecule has 2 rings (SSSR count). The first-order valence-electron chi connectivity index (χ1n) is 7.23. The molecule has 3 heteroatoms. The summed E-state index contributed by atoms with van der Waals surface area (Å²) in [7, 11) is 0. The van der Waals surface area contributed by atoms with E-state index in [-0.39, 0.29) is 0 Å². The molecule has 2 heterocycles. The van der Waals surface area contributed by atoms with E-state index in [0.717, 1.165) is 12.0 Å². The normalized spacial score (nSPS) is 39.7. The van der Waals surface area contributed by atoms with Gasteiger partial charge in [0, 0.05) is 31.2 Å². The van der Waals surface area contributed by atoms with Crippen LogP contribution in [0.5, 0.6) is 0 Å². The maximum atomic E-state index is 3.75. The minimum atomic E-state index is 0.345. The van der Waals surface area contributed by atoms with Crippen LogP contribution in [0.2, 0.25) is 0 Å². The fraction of sp³-hybridized carbons (Fsp3) is 1.00. The van der Waals surface area contributed by atoms with Crippen LogP contribution in [0, 0.1) is 5.92 Å². The molecule has 2 saturated heterocycles. The molecule has 0 aromatic carbocycles. The Morgan fingerprint density at radius 3 is 2.82 bits per heavy atom. The molecule has 0 amide bonds. The number of thioether (sulfide) groups is 1. The monoisotopic (exact) mass is 256 g/mol. The van der Waals surface area contributed by atoms with Gasteiger partial charge in [-0.25, -0.2) is 0 Å². The molecule has 0 aromatic rings. The van der Waals surface area contributed by atoms with E-state index in [1.807, 2.05) is 0 Å². The Morgan fingerprint density at radius 1 is 1.41 bits per heavy atom. The van der Waals surface area contributed by atoms with Gasteiger partial charge in [-0.2, -0.15) is 11.8 Å². The minimum absolute atomic E-state index is 0.345. The smallest absolute Gasteiger partial charge is 0.0278 e. The number of hydrogen-bond donors (Lipinski definition) is 1. The summed E-state index contributed by atoms with van der Waals surface area (Å²) >= 11 is 2.14. The fourth-order valence-corrected chi connectivity index (χ4v) is 4.31. The molecule has 100 valence electrons. The molecule has 2 nitrogen and oxygen atoms in total. The van der Waals surface area contributed by atoms with E-state index in [9.17, 15) is 0 Å². The third-order valence-corrected chi connectivity index (χ3v) is 5.83. The summed E-state index contributed by atoms with van der Waals surface area (Å²) in [4.78, 5) is 2.77. The summed E-state index contributed by atoms with van der Waals surface area (Å²) in [5, 5.41) is 3.75. The van der Waals surface area contributed by atoms with Crippen LogP contribution >= 0.6 is 11.8 Å². The van der Waals surface area contributed by atoms with E-state index in [4.69, 9.17) is 0 Å². The van der Waals surface area contributed by atoms with Gasteiger partial charge in [-0.15, -0.1) is 0 Å². The van der Waals surface area contributed by atoms with Crippen LogP contribution < -0.4 is 5.32 Å². The zero-order valence-corrected chi connectivity index (χ0v) is 12.5. The van der Waals surface area contributed by atoms with Crippen LogP contribution in [-0.2, 0) is 0 Å². The first-order chi connectivity index (χ1) is 8.17. The SMILES string of the molecule is CCC1CNC(C)(CC)CN1CC1CCSC1. The van der Waals surface area contributed by atoms with Crippen molar-refractivity contribution in [2.45, 2.75) is 51.6 Å². The molecule has 0 saturated carbocycles. The summed E-state index contributed by atoms with van der Waals surface area (Å²) in [6, 6.07) is 0.764. The van der Waals surface area contributed by atoms with E-state index in [1.165, 1.54) is 50.4 Å². The number of piperazine rings is 1. The van der Waals surface area contributed by atoms with E-state index in [0.29, 0.717) is 5.54 Å². The standard InChI is InChI=1S/C14H28N2S/c1-4-13-8-15-14(3,5-2)11-16(13)9-12-6-7-17-10-12/h12-13,15H,4-11H2,1-3H3. The van der Waals surface area contributed by atoms with Gasteiger partial charge >= 0.3 is 0 Å². The molecule has 2 aliphatic rings. The summed E-state index contributed by atoms with van der Waals surface area (Å²) in [6.07, 6.45) is 3.96. The second kappa shape index (κ2) is 5.94. The zero-order chi connectivity index (χ0) is 12.3. The Morgan fingerprint density at radius 2 is 2.24 bits per heavy atom. The van der Waals surface area contributed by atoms with Crippen LogP contribution in [0.1, 0.15) is 40.0 Å². The van der Waals surface area contributed by atoms with Gasteiger partial charge < -0.3 is 5.32 Å². The van der Waals surface area contributed by atoms with Crippen molar-refractivity contribution in [3.63, 3.8) is 0 Å². The van der Waals surface area contributed by atoms with Crippen molar-refractivity contribution in [2.24, 2.45) is 5.92 Å². The predicted octanol–water partition coefficient (Wildman–Crippen LogP) is 2.59. The van der Waals surface area contributed by atoms with E-state index >= 15 is 0 Å². The van der Waals surface area contributed by atoms with Crippen molar-refractivity contribution < 1.29 is 0 Å². The van der Waals surface area contributed by atoms with Gasteiger partial charge in [0.2, 0.25) is 0 Å². The van der Waals surface area contributed by atoms with Crippen molar-refractivity contribution in [1.82, 2.24) is 10.2 Å². The molecule has 17 heavy (non-hydrogen) atoms. The summed E-state index contributed by atoms with van der Waals surface area (Å²) < 4.78 is 0. The quantitative estimate of drug-likeness (QED) is 0.832. The lowest BCUT2D eigenvalue weighted by Crippen LogP contribution is -2.63. The highest BCUT2D eigenvalue weighted by Gasteiger charge is 2.34. The highest BCUT2D eigenvalue weighted by molar-refractivity contribution is 7.99. The zero-order valence-electron chi connectivity index (χ0n) is 11.7. The highest BCUT2D eigenvalue weighted by atomic mass is 32.2. The Hall–Kier alpha value is 0.270. The second-order valence-corrected chi connectivity index (χ2v) is 7.17. The third kappa shape index (κ3) is 3.39. The van der Waals surface area contributed by atoms with Gasteiger partial charge in [0.25, 0.3) is 0 Å². The highest BCUT2D eigenvalue weighted by Crippen LogP contribution is 2.27. The molecular weight excluding hydrogens is 228 g/mol. The maximum Gasteiger partial charge on any atom is 0.0278 e. The van der Waals surface area contributed by atoms with Gasteiger partial charge in [0.05, 0.1) is 0 Å². The molecule has 0 radical (unpaired) electrons. The average molecular weight is 256 g/mol. The Balaban J connectivity index is 1.94. The summed E-state index contributed by atoms with van der Waals surface area (Å²) in [5.74, 6) is 3.73. The average Bonchev–Trinajstić information content (AvgIpc) is 2.82. The third-order valence-electron chi connectivity index (χ3n) is 4.60. The number of rotatable bonds is 4. The van der Waals surface area contributed by atoms with E-state index < -0.39 is 0 Å². The molecule has 2 aliphatic heterocycles. The molecule has 3 atom stereocenters. The van der Waals surface area contributed by atoms with Gasteiger partial charge in [-0.05, 0) is 43.6 Å². The first-order valence-corrected chi connectivity index (χ1v) is 8.39. The van der Waals surface area contributed by atoms with Crippen molar-refractivity contribution in [2.75, 3.05) is 31.1 Å². The summed E-state index contributed by atoms with van der Waals surface area (Å²) in [6.45, 7) is 10.8. The van der Waals surface area contributed by atoms with Crippen LogP contribution in [0.25, 0.3) is 0 Å². The Kier molecular flexibility index (Phi) is 4.79. The predicted molar refractivity (Wildman–Crippen MR) is 77.8 cm³/mol. The van der Waals surface area contributed by atoms with Crippen molar-refractivity contribution in [3.8, 4) is 0 Å². The molecule has 0 aromatic heterocycles. The topological polar surface area (TPSA) is 15.3 Å². The number of nitrogens with zero attached hydrogens (tertiary/aromatic N) is 1. The van der Waals surface area contributed by atoms with E-state index in [1.54, 1.807) is 0 Å². The van der Waals surface area contributed by atoms with Gasteiger partial charge in [-0.1, -0.05) is 13.8 Å². The van der Waals surface area contributed by atoms with Crippen molar-refractivity contribution in [1.29, 1.82) is 0 Å². The van der Waals surface area contributed by atoms with Gasteiger partial charge in [-0.3, -0.25) is 4.90 Å². The Bertz CT molecular complexity index is 240. The number of nitrogens with one attached hydrogen (secondary N) is 1. The lowest BCUT2D eigenvalue weighted by atomic mass is 9.92. The molecular formula is C14H28N2S. The van der Waals surface area contributed by atoms with Crippen LogP contribution in [0.4, 0.5) is 0 Å². The van der Waals surface area contributed by atoms with Gasteiger partial charge in [0.15, 0.2) is 0 Å². The van der Waals surface area contributed by atoms with Crippen LogP contribution in [-0.4, -0.2) is 47.6 Å². The lowest BCUT2D eigenvalue weighted by Gasteiger charge is -2.46. The second-order valence-electron chi connectivity index (χ2n) is 6.02. The van der Waals surface area contributed by atoms with Crippen LogP contribution in [0.3, 0.4) is 0 Å². The molecule has 0 aliphatic carbocycles. The fourth-order valence-electron chi connectivity index (χ4n) is 3.04. The maximum absolute atomic E-state index is 3.75. The molecule has 0 bridgehead atoms. The lowest BCUT2D eigenvalue weighted by molar-refractivity contribution is 0.0705. The van der Waals surface area contributed by atoms with Crippen LogP contribution in [0.15, 0.2) is 0 Å². The molecule has 1 N–H and O–H groups in total. The molecule has 2 fully saturated rings. The van der Waals surface area contributed by atoms with Gasteiger partial charge in [0.1, 0.15) is 0 Å². The molecule has 0 spiro atoms. The van der Waals surface area contributed by atoms with E-state index in [2.05, 4.69) is 42.7 Å². The largest absolute Gasteiger partial charge is 0.309 e. The number of hydrogen-bond acceptors (Lipinski definition) is 3. The van der Waals surface area contributed by atoms with Crippen molar-refractivity contribution in [3.05, 3.63) is 0 Å². The molecule has 3 unspecified atom stereocenters. The summed E-state index contributed by atoms with van der Waals surface area (Å²) in [5.41, 5.74) is 0.345.